The number of hydrogen-bond donors (Lipinski definition) is 2. The maximum absolute atomic E-state index is 12.3. The number of carbonyl (C=O) groups excluding carboxylic acids is 2. The third-order valence-electron chi connectivity index (χ3n) is 4.63. The molecule has 0 unspecified atom stereocenters. The van der Waals surface area contributed by atoms with Crippen LogP contribution in [0, 0.1) is 0 Å². The summed E-state index contributed by atoms with van der Waals surface area (Å²) in [6, 6.07) is 12.1. The van der Waals surface area contributed by atoms with Crippen molar-refractivity contribution in [3.63, 3.8) is 0 Å². The van der Waals surface area contributed by atoms with Crippen molar-refractivity contribution in [3.05, 3.63) is 63.3 Å². The molecule has 0 radical (unpaired) electrons. The molecular weight excluding hydrogens is 530 g/mol. The van der Waals surface area contributed by atoms with Crippen molar-refractivity contribution in [3.8, 4) is 5.75 Å². The van der Waals surface area contributed by atoms with E-state index in [0.717, 1.165) is 10.3 Å². The number of aromatic nitrogens is 3. The minimum Gasteiger partial charge on any atom is -0.497 e. The summed E-state index contributed by atoms with van der Waals surface area (Å²) >= 11 is 10.7. The number of benzene rings is 2. The minimum absolute atomic E-state index is 0.167. The molecule has 1 heterocycles. The Kier molecular flexibility index (Phi) is 9.16. The smallest absolute Gasteiger partial charge is 0.251 e. The summed E-state index contributed by atoms with van der Waals surface area (Å²) in [4.78, 5) is 24.6. The van der Waals surface area contributed by atoms with Gasteiger partial charge in [0.25, 0.3) is 5.91 Å². The highest BCUT2D eigenvalue weighted by molar-refractivity contribution is 9.10. The van der Waals surface area contributed by atoms with Gasteiger partial charge in [-0.25, -0.2) is 0 Å². The molecule has 11 heteroatoms. The molecule has 0 fully saturated rings. The minimum atomic E-state index is -0.169. The van der Waals surface area contributed by atoms with E-state index in [0.29, 0.717) is 46.7 Å². The second-order valence-corrected chi connectivity index (χ2v) is 9.05. The number of carbonyl (C=O) groups is 2. The van der Waals surface area contributed by atoms with E-state index in [1.807, 2.05) is 11.5 Å². The SMILES string of the molecule is CCn1c(CCNC(=O)c2ccc(OC)cc2)nnc1SCC(=O)Nc1ccc(Br)c(Cl)c1. The normalized spacial score (nSPS) is 10.7. The molecule has 2 N–H and O–H groups in total. The Morgan fingerprint density at radius 2 is 1.94 bits per heavy atom. The standard InChI is InChI=1S/C22H23BrClN5O3S/c1-3-29-19(10-11-25-21(31)14-4-7-16(32-2)8-5-14)27-28-22(29)33-13-20(30)26-15-6-9-17(23)18(24)12-15/h4-9,12H,3,10-11,13H2,1-2H3,(H,25,31)(H,26,30). The molecule has 0 spiro atoms. The van der Waals surface area contributed by atoms with Crippen LogP contribution in [0.1, 0.15) is 23.1 Å². The average Bonchev–Trinajstić information content (AvgIpc) is 3.21. The molecule has 0 aliphatic heterocycles. The number of nitrogens with one attached hydrogen (secondary N) is 2. The molecule has 1 aromatic heterocycles. The fourth-order valence-electron chi connectivity index (χ4n) is 2.96. The molecule has 0 atom stereocenters. The summed E-state index contributed by atoms with van der Waals surface area (Å²) < 4.78 is 7.81. The van der Waals surface area contributed by atoms with E-state index < -0.39 is 0 Å². The van der Waals surface area contributed by atoms with E-state index in [4.69, 9.17) is 16.3 Å². The zero-order valence-corrected chi connectivity index (χ0v) is 21.3. The maximum Gasteiger partial charge on any atom is 0.251 e. The zero-order chi connectivity index (χ0) is 23.8. The summed E-state index contributed by atoms with van der Waals surface area (Å²) in [7, 11) is 1.58. The average molecular weight is 553 g/mol. The first kappa shape index (κ1) is 25.1. The monoisotopic (exact) mass is 551 g/mol. The lowest BCUT2D eigenvalue weighted by Crippen LogP contribution is -2.26. The Morgan fingerprint density at radius 3 is 2.61 bits per heavy atom. The number of thioether (sulfide) groups is 1. The molecule has 0 aliphatic rings. The van der Waals surface area contributed by atoms with Crippen LogP contribution in [0.2, 0.25) is 5.02 Å². The quantitative estimate of drug-likeness (QED) is 0.361. The summed E-state index contributed by atoms with van der Waals surface area (Å²) in [5.74, 6) is 1.29. The fraction of sp³-hybridized carbons (Fsp3) is 0.273. The Labute approximate surface area is 209 Å². The lowest BCUT2D eigenvalue weighted by atomic mass is 10.2. The summed E-state index contributed by atoms with van der Waals surface area (Å²) in [5, 5.41) is 15.3. The number of anilines is 1. The molecule has 8 nitrogen and oxygen atoms in total. The van der Waals surface area contributed by atoms with E-state index in [2.05, 4.69) is 36.8 Å². The van der Waals surface area contributed by atoms with E-state index in [1.54, 1.807) is 49.6 Å². The molecule has 3 aromatic rings. The summed E-state index contributed by atoms with van der Waals surface area (Å²) in [5.41, 5.74) is 1.18. The Morgan fingerprint density at radius 1 is 1.18 bits per heavy atom. The van der Waals surface area contributed by atoms with Crippen LogP contribution >= 0.6 is 39.3 Å². The van der Waals surface area contributed by atoms with Gasteiger partial charge in [-0.1, -0.05) is 23.4 Å². The molecule has 0 aliphatic carbocycles. The number of hydrogen-bond acceptors (Lipinski definition) is 6. The third kappa shape index (κ3) is 6.96. The topological polar surface area (TPSA) is 98.1 Å². The Hall–Kier alpha value is -2.56. The molecule has 33 heavy (non-hydrogen) atoms. The molecular formula is C22H23BrClN5O3S. The van der Waals surface area contributed by atoms with Gasteiger partial charge in [-0.15, -0.1) is 10.2 Å². The predicted octanol–water partition coefficient (Wildman–Crippen LogP) is 4.43. The van der Waals surface area contributed by atoms with Gasteiger partial charge in [0, 0.05) is 35.2 Å². The number of methoxy groups -OCH3 is 1. The second kappa shape index (κ2) is 12.1. The summed E-state index contributed by atoms with van der Waals surface area (Å²) in [6.45, 7) is 3.05. The van der Waals surface area contributed by atoms with E-state index in [9.17, 15) is 9.59 Å². The fourth-order valence-corrected chi connectivity index (χ4v) is 4.21. The van der Waals surface area contributed by atoms with Crippen LogP contribution in [0.5, 0.6) is 5.75 Å². The van der Waals surface area contributed by atoms with Gasteiger partial charge in [0.05, 0.1) is 17.9 Å². The van der Waals surface area contributed by atoms with Crippen molar-refractivity contribution in [2.75, 3.05) is 24.7 Å². The molecule has 0 saturated heterocycles. The number of halogens is 2. The molecule has 0 bridgehead atoms. The van der Waals surface area contributed by atoms with Gasteiger partial charge < -0.3 is 19.9 Å². The lowest BCUT2D eigenvalue weighted by Gasteiger charge is -2.09. The number of ether oxygens (including phenoxy) is 1. The Bertz CT molecular complexity index is 1120. The molecule has 174 valence electrons. The van der Waals surface area contributed by atoms with Crippen LogP contribution in [0.3, 0.4) is 0 Å². The van der Waals surface area contributed by atoms with Crippen LogP contribution in [0.4, 0.5) is 5.69 Å². The number of rotatable bonds is 10. The van der Waals surface area contributed by atoms with Crippen molar-refractivity contribution in [2.24, 2.45) is 0 Å². The van der Waals surface area contributed by atoms with Crippen LogP contribution in [0.15, 0.2) is 52.1 Å². The molecule has 2 aromatic carbocycles. The molecule has 3 rings (SSSR count). The lowest BCUT2D eigenvalue weighted by molar-refractivity contribution is -0.113. The number of amides is 2. The van der Waals surface area contributed by atoms with Gasteiger partial charge in [0.2, 0.25) is 5.91 Å². The first-order valence-electron chi connectivity index (χ1n) is 10.1. The van der Waals surface area contributed by atoms with Crippen LogP contribution in [0.25, 0.3) is 0 Å². The number of nitrogens with zero attached hydrogens (tertiary/aromatic N) is 3. The highest BCUT2D eigenvalue weighted by Crippen LogP contribution is 2.26. The summed E-state index contributed by atoms with van der Waals surface area (Å²) in [6.07, 6.45) is 0.521. The van der Waals surface area contributed by atoms with Gasteiger partial charge >= 0.3 is 0 Å². The van der Waals surface area contributed by atoms with Crippen LogP contribution in [-0.4, -0.2) is 46.0 Å². The van der Waals surface area contributed by atoms with E-state index in [1.165, 1.54) is 11.8 Å². The van der Waals surface area contributed by atoms with E-state index in [-0.39, 0.29) is 17.6 Å². The van der Waals surface area contributed by atoms with E-state index >= 15 is 0 Å². The predicted molar refractivity (Wildman–Crippen MR) is 133 cm³/mol. The van der Waals surface area contributed by atoms with Crippen LogP contribution < -0.4 is 15.4 Å². The van der Waals surface area contributed by atoms with Crippen molar-refractivity contribution < 1.29 is 14.3 Å². The third-order valence-corrected chi connectivity index (χ3v) is 6.83. The highest BCUT2D eigenvalue weighted by Gasteiger charge is 2.14. The van der Waals surface area contributed by atoms with Crippen molar-refractivity contribution in [2.45, 2.75) is 25.0 Å². The van der Waals surface area contributed by atoms with Crippen LogP contribution in [-0.2, 0) is 17.8 Å². The van der Waals surface area contributed by atoms with Gasteiger partial charge in [-0.05, 0) is 65.3 Å². The van der Waals surface area contributed by atoms with Crippen molar-refractivity contribution in [1.82, 2.24) is 20.1 Å². The van der Waals surface area contributed by atoms with Gasteiger partial charge in [-0.2, -0.15) is 0 Å². The highest BCUT2D eigenvalue weighted by atomic mass is 79.9. The van der Waals surface area contributed by atoms with Gasteiger partial charge in [0.1, 0.15) is 11.6 Å². The first-order valence-corrected chi connectivity index (χ1v) is 12.3. The Balaban J connectivity index is 1.50. The van der Waals surface area contributed by atoms with Gasteiger partial charge in [0.15, 0.2) is 5.16 Å². The maximum atomic E-state index is 12.3. The van der Waals surface area contributed by atoms with Crippen molar-refractivity contribution >= 4 is 56.8 Å². The van der Waals surface area contributed by atoms with Gasteiger partial charge in [-0.3, -0.25) is 9.59 Å². The van der Waals surface area contributed by atoms with Crippen molar-refractivity contribution in [1.29, 1.82) is 0 Å². The first-order chi connectivity index (χ1) is 15.9. The second-order valence-electron chi connectivity index (χ2n) is 6.84. The zero-order valence-electron chi connectivity index (χ0n) is 18.1. The molecule has 2 amide bonds. The largest absolute Gasteiger partial charge is 0.497 e. The molecule has 0 saturated carbocycles.